The van der Waals surface area contributed by atoms with Crippen molar-refractivity contribution in [2.24, 2.45) is 0 Å². The molecule has 0 aromatic heterocycles. The molecule has 7 nitrogen and oxygen atoms in total. The minimum absolute atomic E-state index is 0.0943. The quantitative estimate of drug-likeness (QED) is 0.771. The van der Waals surface area contributed by atoms with Gasteiger partial charge in [-0.1, -0.05) is 12.1 Å². The molecule has 8 heteroatoms. The highest BCUT2D eigenvalue weighted by Gasteiger charge is 2.26. The van der Waals surface area contributed by atoms with Gasteiger partial charge in [-0.15, -0.1) is 0 Å². The molecule has 1 N–H and O–H groups in total. The lowest BCUT2D eigenvalue weighted by Crippen LogP contribution is -2.30. The number of hydrogen-bond donors (Lipinski definition) is 1. The van der Waals surface area contributed by atoms with Crippen LogP contribution in [0.3, 0.4) is 0 Å². The maximum Gasteiger partial charge on any atom is 0.337 e. The number of carbonyl (C=O) groups excluding carboxylic acids is 1. The smallest absolute Gasteiger partial charge is 0.337 e. The van der Waals surface area contributed by atoms with Crippen molar-refractivity contribution in [3.8, 4) is 0 Å². The largest absolute Gasteiger partial charge is 0.478 e. The average Bonchev–Trinajstić information content (AvgIpc) is 2.43. The van der Waals surface area contributed by atoms with Crippen LogP contribution in [-0.2, 0) is 19.6 Å². The zero-order chi connectivity index (χ0) is 15.3. The van der Waals surface area contributed by atoms with Gasteiger partial charge in [0.1, 0.15) is 0 Å². The molecule has 0 atom stereocenters. The number of methoxy groups -OCH3 is 1. The predicted octanol–water partition coefficient (Wildman–Crippen LogP) is 0.568. The van der Waals surface area contributed by atoms with Gasteiger partial charge in [0, 0.05) is 13.6 Å². The summed E-state index contributed by atoms with van der Waals surface area (Å²) in [6.45, 7) is -0.0943. The summed E-state index contributed by atoms with van der Waals surface area (Å²) in [7, 11) is -1.49. The van der Waals surface area contributed by atoms with Crippen molar-refractivity contribution in [3.63, 3.8) is 0 Å². The minimum Gasteiger partial charge on any atom is -0.478 e. The Labute approximate surface area is 116 Å². The highest BCUT2D eigenvalue weighted by atomic mass is 32.2. The molecule has 1 aromatic carbocycles. The van der Waals surface area contributed by atoms with Crippen molar-refractivity contribution in [1.29, 1.82) is 0 Å². The number of ether oxygens (including phenoxy) is 1. The van der Waals surface area contributed by atoms with Crippen molar-refractivity contribution in [2.45, 2.75) is 11.3 Å². The molecule has 0 amide bonds. The van der Waals surface area contributed by atoms with Gasteiger partial charge in [-0.25, -0.2) is 17.5 Å². The summed E-state index contributed by atoms with van der Waals surface area (Å²) in [5.41, 5.74) is -0.308. The van der Waals surface area contributed by atoms with E-state index in [1.165, 1.54) is 38.4 Å². The van der Waals surface area contributed by atoms with Crippen LogP contribution in [-0.4, -0.2) is 50.5 Å². The van der Waals surface area contributed by atoms with E-state index in [0.717, 1.165) is 4.31 Å². The molecular formula is C12H15NO6S. The van der Waals surface area contributed by atoms with Crippen LogP contribution in [0.2, 0.25) is 0 Å². The molecule has 20 heavy (non-hydrogen) atoms. The van der Waals surface area contributed by atoms with Gasteiger partial charge in [-0.2, -0.15) is 0 Å². The Morgan fingerprint density at radius 3 is 2.45 bits per heavy atom. The molecule has 0 fully saturated rings. The summed E-state index contributed by atoms with van der Waals surface area (Å²) < 4.78 is 29.9. The number of hydrogen-bond acceptors (Lipinski definition) is 5. The second-order valence-corrected chi connectivity index (χ2v) is 5.97. The third-order valence-electron chi connectivity index (χ3n) is 2.66. The average molecular weight is 301 g/mol. The van der Waals surface area contributed by atoms with Gasteiger partial charge in [-0.3, -0.25) is 4.79 Å². The molecule has 0 spiro atoms. The van der Waals surface area contributed by atoms with Gasteiger partial charge in [-0.05, 0) is 12.1 Å². The summed E-state index contributed by atoms with van der Waals surface area (Å²) in [6, 6.07) is 5.31. The third kappa shape index (κ3) is 3.55. The number of aromatic carboxylic acids is 1. The lowest BCUT2D eigenvalue weighted by atomic mass is 10.2. The number of rotatable bonds is 6. The number of carbonyl (C=O) groups is 2. The first-order valence-electron chi connectivity index (χ1n) is 5.66. The summed E-state index contributed by atoms with van der Waals surface area (Å²) in [5.74, 6) is -1.87. The first-order chi connectivity index (χ1) is 9.30. The maximum absolute atomic E-state index is 12.3. The molecule has 0 heterocycles. The first-order valence-corrected chi connectivity index (χ1v) is 7.10. The van der Waals surface area contributed by atoms with Gasteiger partial charge in [0.05, 0.1) is 24.0 Å². The highest BCUT2D eigenvalue weighted by molar-refractivity contribution is 7.89. The molecule has 0 aliphatic heterocycles. The predicted molar refractivity (Wildman–Crippen MR) is 69.9 cm³/mol. The lowest BCUT2D eigenvalue weighted by molar-refractivity contribution is -0.140. The van der Waals surface area contributed by atoms with Crippen LogP contribution in [0.1, 0.15) is 16.8 Å². The Morgan fingerprint density at radius 1 is 1.30 bits per heavy atom. The van der Waals surface area contributed by atoms with Crippen LogP contribution < -0.4 is 0 Å². The molecule has 0 unspecified atom stereocenters. The Balaban J connectivity index is 3.05. The standard InChI is InChI=1S/C12H15NO6S/c1-13(8-7-11(14)19-2)20(17,18)10-6-4-3-5-9(10)12(15)16/h3-6H,7-8H2,1-2H3,(H,15,16). The minimum atomic E-state index is -3.97. The molecular weight excluding hydrogens is 286 g/mol. The topological polar surface area (TPSA) is 101 Å². The monoisotopic (exact) mass is 301 g/mol. The second-order valence-electron chi connectivity index (χ2n) is 3.95. The number of nitrogens with zero attached hydrogens (tertiary/aromatic N) is 1. The number of carboxylic acids is 1. The zero-order valence-corrected chi connectivity index (χ0v) is 11.9. The third-order valence-corrected chi connectivity index (χ3v) is 4.58. The molecule has 0 aliphatic rings. The van der Waals surface area contributed by atoms with Crippen LogP contribution >= 0.6 is 0 Å². The van der Waals surface area contributed by atoms with Gasteiger partial charge in [0.25, 0.3) is 0 Å². The number of sulfonamides is 1. The van der Waals surface area contributed by atoms with Gasteiger partial charge in [0.2, 0.25) is 10.0 Å². The van der Waals surface area contributed by atoms with E-state index >= 15 is 0 Å². The van der Waals surface area contributed by atoms with Crippen molar-refractivity contribution in [2.75, 3.05) is 20.7 Å². The zero-order valence-electron chi connectivity index (χ0n) is 11.1. The Morgan fingerprint density at radius 2 is 1.90 bits per heavy atom. The van der Waals surface area contributed by atoms with Crippen LogP contribution in [0.15, 0.2) is 29.2 Å². The van der Waals surface area contributed by atoms with E-state index in [1.54, 1.807) is 0 Å². The van der Waals surface area contributed by atoms with Crippen molar-refractivity contribution in [3.05, 3.63) is 29.8 Å². The van der Waals surface area contributed by atoms with Crippen LogP contribution in [0.25, 0.3) is 0 Å². The van der Waals surface area contributed by atoms with Gasteiger partial charge >= 0.3 is 11.9 Å². The molecule has 0 saturated carbocycles. The Hall–Kier alpha value is -1.93. The maximum atomic E-state index is 12.3. The fourth-order valence-electron chi connectivity index (χ4n) is 1.51. The fraction of sp³-hybridized carbons (Fsp3) is 0.333. The summed E-state index contributed by atoms with van der Waals surface area (Å²) >= 11 is 0. The number of carboxylic acid groups (broad SMARTS) is 1. The summed E-state index contributed by atoms with van der Waals surface area (Å²) in [5, 5.41) is 9.01. The van der Waals surface area contributed by atoms with Crippen molar-refractivity contribution >= 4 is 22.0 Å². The molecule has 0 saturated heterocycles. The molecule has 0 bridgehead atoms. The lowest BCUT2D eigenvalue weighted by Gasteiger charge is -2.17. The van der Waals surface area contributed by atoms with Gasteiger partial charge < -0.3 is 9.84 Å². The molecule has 1 rings (SSSR count). The Bertz CT molecular complexity index is 610. The Kier molecular flexibility index (Phi) is 5.23. The normalized spacial score (nSPS) is 11.3. The fourth-order valence-corrected chi connectivity index (χ4v) is 2.86. The first kappa shape index (κ1) is 16.1. The van der Waals surface area contributed by atoms with E-state index in [1.807, 2.05) is 0 Å². The van der Waals surface area contributed by atoms with E-state index in [0.29, 0.717) is 0 Å². The molecule has 0 radical (unpaired) electrons. The van der Waals surface area contributed by atoms with Crippen molar-refractivity contribution in [1.82, 2.24) is 4.31 Å². The molecule has 110 valence electrons. The summed E-state index contributed by atoms with van der Waals surface area (Å²) in [4.78, 5) is 21.8. The van der Waals surface area contributed by atoms with E-state index < -0.39 is 22.0 Å². The van der Waals surface area contributed by atoms with Gasteiger partial charge in [0.15, 0.2) is 0 Å². The van der Waals surface area contributed by atoms with E-state index in [4.69, 9.17) is 5.11 Å². The highest BCUT2D eigenvalue weighted by Crippen LogP contribution is 2.19. The van der Waals surface area contributed by atoms with E-state index in [-0.39, 0.29) is 23.4 Å². The van der Waals surface area contributed by atoms with Crippen LogP contribution in [0.4, 0.5) is 0 Å². The molecule has 0 aliphatic carbocycles. The number of esters is 1. The number of benzene rings is 1. The second kappa shape index (κ2) is 6.49. The van der Waals surface area contributed by atoms with E-state index in [9.17, 15) is 18.0 Å². The SMILES string of the molecule is COC(=O)CCN(C)S(=O)(=O)c1ccccc1C(=O)O. The van der Waals surface area contributed by atoms with Crippen LogP contribution in [0.5, 0.6) is 0 Å². The summed E-state index contributed by atoms with van der Waals surface area (Å²) in [6.07, 6.45) is -0.110. The van der Waals surface area contributed by atoms with E-state index in [2.05, 4.69) is 4.74 Å². The van der Waals surface area contributed by atoms with Crippen LogP contribution in [0, 0.1) is 0 Å². The van der Waals surface area contributed by atoms with Crippen molar-refractivity contribution < 1.29 is 27.9 Å². The molecule has 1 aromatic rings.